The molecule has 1 amide bonds. The molecule has 1 aliphatic heterocycles. The van der Waals surface area contributed by atoms with Gasteiger partial charge in [0.15, 0.2) is 0 Å². The Balaban J connectivity index is 1.93. The lowest BCUT2D eigenvalue weighted by atomic mass is 10.2. The number of nitrogens with zero attached hydrogens (tertiary/aromatic N) is 1. The lowest BCUT2D eigenvalue weighted by molar-refractivity contribution is 0.0858. The van der Waals surface area contributed by atoms with Gasteiger partial charge in [0.25, 0.3) is 5.91 Å². The van der Waals surface area contributed by atoms with Gasteiger partial charge in [0.2, 0.25) is 0 Å². The van der Waals surface area contributed by atoms with Crippen LogP contribution in [-0.2, 0) is 4.74 Å². The van der Waals surface area contributed by atoms with E-state index < -0.39 is 0 Å². The zero-order valence-electron chi connectivity index (χ0n) is 11.3. The molecule has 1 fully saturated rings. The smallest absolute Gasteiger partial charge is 0.255 e. The second kappa shape index (κ2) is 7.09. The van der Waals surface area contributed by atoms with Gasteiger partial charge in [0.05, 0.1) is 17.4 Å². The summed E-state index contributed by atoms with van der Waals surface area (Å²) >= 11 is 0. The SMILES string of the molecule is CCCNc1ccncc1C(=O)NCC1CCCO1. The van der Waals surface area contributed by atoms with Gasteiger partial charge in [0, 0.05) is 32.1 Å². The number of anilines is 1. The van der Waals surface area contributed by atoms with Crippen molar-refractivity contribution in [1.29, 1.82) is 0 Å². The highest BCUT2D eigenvalue weighted by molar-refractivity contribution is 5.99. The summed E-state index contributed by atoms with van der Waals surface area (Å²) in [6, 6.07) is 1.83. The number of ether oxygens (including phenoxy) is 1. The maximum absolute atomic E-state index is 12.1. The number of aromatic nitrogens is 1. The van der Waals surface area contributed by atoms with Crippen LogP contribution in [0.1, 0.15) is 36.5 Å². The largest absolute Gasteiger partial charge is 0.384 e. The fraction of sp³-hybridized carbons (Fsp3) is 0.571. The first-order chi connectivity index (χ1) is 9.31. The number of carbonyl (C=O) groups is 1. The Morgan fingerprint density at radius 2 is 2.47 bits per heavy atom. The second-order valence-electron chi connectivity index (χ2n) is 4.69. The Morgan fingerprint density at radius 1 is 1.58 bits per heavy atom. The molecule has 1 atom stereocenters. The van der Waals surface area contributed by atoms with Crippen LogP contribution in [0, 0.1) is 0 Å². The van der Waals surface area contributed by atoms with E-state index in [-0.39, 0.29) is 12.0 Å². The molecule has 1 aromatic rings. The van der Waals surface area contributed by atoms with Crippen LogP contribution in [0.4, 0.5) is 5.69 Å². The molecular weight excluding hydrogens is 242 g/mol. The average Bonchev–Trinajstić information content (AvgIpc) is 2.96. The summed E-state index contributed by atoms with van der Waals surface area (Å²) in [4.78, 5) is 16.2. The third kappa shape index (κ3) is 3.92. The van der Waals surface area contributed by atoms with Crippen LogP contribution in [0.15, 0.2) is 18.5 Å². The lowest BCUT2D eigenvalue weighted by Gasteiger charge is -2.13. The Labute approximate surface area is 113 Å². The number of nitrogens with one attached hydrogen (secondary N) is 2. The molecule has 0 spiro atoms. The number of hydrogen-bond donors (Lipinski definition) is 2. The fourth-order valence-electron chi connectivity index (χ4n) is 2.10. The Bertz CT molecular complexity index is 417. The number of hydrogen-bond acceptors (Lipinski definition) is 4. The van der Waals surface area contributed by atoms with E-state index in [9.17, 15) is 4.79 Å². The second-order valence-corrected chi connectivity index (χ2v) is 4.69. The predicted molar refractivity (Wildman–Crippen MR) is 74.3 cm³/mol. The highest BCUT2D eigenvalue weighted by Gasteiger charge is 2.17. The number of rotatable bonds is 6. The molecule has 1 aromatic heterocycles. The van der Waals surface area contributed by atoms with E-state index in [1.54, 1.807) is 12.4 Å². The molecule has 0 bridgehead atoms. The van der Waals surface area contributed by atoms with Crippen LogP contribution in [-0.4, -0.2) is 36.7 Å². The minimum atomic E-state index is -0.0952. The first-order valence-corrected chi connectivity index (χ1v) is 6.89. The van der Waals surface area contributed by atoms with Crippen molar-refractivity contribution < 1.29 is 9.53 Å². The molecule has 5 nitrogen and oxygen atoms in total. The highest BCUT2D eigenvalue weighted by atomic mass is 16.5. The normalized spacial score (nSPS) is 18.3. The summed E-state index contributed by atoms with van der Waals surface area (Å²) in [6.45, 7) is 4.30. The Morgan fingerprint density at radius 3 is 3.21 bits per heavy atom. The number of pyridine rings is 1. The van der Waals surface area contributed by atoms with Crippen molar-refractivity contribution in [3.05, 3.63) is 24.0 Å². The Kier molecular flexibility index (Phi) is 5.15. The van der Waals surface area contributed by atoms with Crippen molar-refractivity contribution in [2.75, 3.05) is 25.0 Å². The molecule has 0 saturated carbocycles. The molecule has 0 aromatic carbocycles. The third-order valence-corrected chi connectivity index (χ3v) is 3.15. The molecule has 0 radical (unpaired) electrons. The number of carbonyl (C=O) groups excluding carboxylic acids is 1. The minimum absolute atomic E-state index is 0.0952. The maximum atomic E-state index is 12.1. The topological polar surface area (TPSA) is 63.2 Å². The number of amides is 1. The van der Waals surface area contributed by atoms with Crippen molar-refractivity contribution >= 4 is 11.6 Å². The molecule has 5 heteroatoms. The van der Waals surface area contributed by atoms with Gasteiger partial charge in [-0.3, -0.25) is 9.78 Å². The van der Waals surface area contributed by atoms with E-state index >= 15 is 0 Å². The molecule has 1 saturated heterocycles. The van der Waals surface area contributed by atoms with E-state index in [0.717, 1.165) is 38.1 Å². The third-order valence-electron chi connectivity index (χ3n) is 3.15. The molecule has 19 heavy (non-hydrogen) atoms. The molecule has 2 N–H and O–H groups in total. The Hall–Kier alpha value is -1.62. The standard InChI is InChI=1S/C14H21N3O2/c1-2-6-16-13-5-7-15-10-12(13)14(18)17-9-11-4-3-8-19-11/h5,7,10-11H,2-4,6,8-9H2,1H3,(H,15,16)(H,17,18). The van der Waals surface area contributed by atoms with Crippen LogP contribution in [0.25, 0.3) is 0 Å². The van der Waals surface area contributed by atoms with Gasteiger partial charge < -0.3 is 15.4 Å². The summed E-state index contributed by atoms with van der Waals surface area (Å²) in [5, 5.41) is 6.15. The van der Waals surface area contributed by atoms with E-state index in [2.05, 4.69) is 22.5 Å². The summed E-state index contributed by atoms with van der Waals surface area (Å²) < 4.78 is 5.49. The van der Waals surface area contributed by atoms with Gasteiger partial charge in [-0.1, -0.05) is 6.92 Å². The zero-order valence-corrected chi connectivity index (χ0v) is 11.3. The summed E-state index contributed by atoms with van der Waals surface area (Å²) in [5.41, 5.74) is 1.43. The van der Waals surface area contributed by atoms with Crippen molar-refractivity contribution in [3.8, 4) is 0 Å². The van der Waals surface area contributed by atoms with Gasteiger partial charge in [-0.2, -0.15) is 0 Å². The summed E-state index contributed by atoms with van der Waals surface area (Å²) in [7, 11) is 0. The molecule has 1 unspecified atom stereocenters. The lowest BCUT2D eigenvalue weighted by Crippen LogP contribution is -2.32. The van der Waals surface area contributed by atoms with Gasteiger partial charge >= 0.3 is 0 Å². The minimum Gasteiger partial charge on any atom is -0.384 e. The zero-order chi connectivity index (χ0) is 13.5. The monoisotopic (exact) mass is 263 g/mol. The van der Waals surface area contributed by atoms with Crippen LogP contribution >= 0.6 is 0 Å². The van der Waals surface area contributed by atoms with Crippen molar-refractivity contribution in [2.24, 2.45) is 0 Å². The molecule has 0 aliphatic carbocycles. The molecule has 2 heterocycles. The van der Waals surface area contributed by atoms with Gasteiger partial charge in [-0.15, -0.1) is 0 Å². The first-order valence-electron chi connectivity index (χ1n) is 6.89. The van der Waals surface area contributed by atoms with E-state index in [1.165, 1.54) is 0 Å². The van der Waals surface area contributed by atoms with Gasteiger partial charge in [-0.05, 0) is 25.3 Å². The van der Waals surface area contributed by atoms with E-state index in [1.807, 2.05) is 6.07 Å². The van der Waals surface area contributed by atoms with Crippen molar-refractivity contribution in [3.63, 3.8) is 0 Å². The van der Waals surface area contributed by atoms with E-state index in [4.69, 9.17) is 4.74 Å². The predicted octanol–water partition coefficient (Wildman–Crippen LogP) is 1.81. The van der Waals surface area contributed by atoms with Crippen LogP contribution < -0.4 is 10.6 Å². The molecule has 1 aliphatic rings. The fourth-order valence-corrected chi connectivity index (χ4v) is 2.10. The van der Waals surface area contributed by atoms with Gasteiger partial charge in [-0.25, -0.2) is 0 Å². The first kappa shape index (κ1) is 13.8. The van der Waals surface area contributed by atoms with Gasteiger partial charge in [0.1, 0.15) is 0 Å². The highest BCUT2D eigenvalue weighted by Crippen LogP contribution is 2.14. The quantitative estimate of drug-likeness (QED) is 0.821. The van der Waals surface area contributed by atoms with Crippen LogP contribution in [0.5, 0.6) is 0 Å². The molecular formula is C14H21N3O2. The summed E-state index contributed by atoms with van der Waals surface area (Å²) in [6.07, 6.45) is 6.56. The van der Waals surface area contributed by atoms with E-state index in [0.29, 0.717) is 12.1 Å². The average molecular weight is 263 g/mol. The molecule has 104 valence electrons. The van der Waals surface area contributed by atoms with Crippen LogP contribution in [0.2, 0.25) is 0 Å². The van der Waals surface area contributed by atoms with Crippen molar-refractivity contribution in [1.82, 2.24) is 10.3 Å². The van der Waals surface area contributed by atoms with Crippen LogP contribution in [0.3, 0.4) is 0 Å². The maximum Gasteiger partial charge on any atom is 0.255 e. The summed E-state index contributed by atoms with van der Waals surface area (Å²) in [5.74, 6) is -0.0952. The molecule has 2 rings (SSSR count). The van der Waals surface area contributed by atoms with Crippen molar-refractivity contribution in [2.45, 2.75) is 32.3 Å².